The molecular weight excluding hydrogens is 264 g/mol. The van der Waals surface area contributed by atoms with E-state index in [0.29, 0.717) is 0 Å². The Labute approximate surface area is 119 Å². The van der Waals surface area contributed by atoms with E-state index in [4.69, 9.17) is 11.6 Å². The number of likely N-dealkylation sites (tertiary alicyclic amines) is 1. The molecule has 1 fully saturated rings. The summed E-state index contributed by atoms with van der Waals surface area (Å²) in [5.74, 6) is 1.73. The lowest BCUT2D eigenvalue weighted by atomic mass is 9.89. The second-order valence-corrected chi connectivity index (χ2v) is 7.23. The van der Waals surface area contributed by atoms with Crippen LogP contribution in [0.5, 0.6) is 0 Å². The fourth-order valence-corrected chi connectivity index (χ4v) is 3.50. The molecule has 4 heteroatoms. The van der Waals surface area contributed by atoms with Crippen molar-refractivity contribution < 1.29 is 0 Å². The van der Waals surface area contributed by atoms with Gasteiger partial charge in [-0.3, -0.25) is 0 Å². The van der Waals surface area contributed by atoms with Crippen LogP contribution in [0.25, 0.3) is 0 Å². The van der Waals surface area contributed by atoms with Crippen LogP contribution in [-0.4, -0.2) is 31.1 Å². The van der Waals surface area contributed by atoms with Gasteiger partial charge in [-0.2, -0.15) is 0 Å². The highest BCUT2D eigenvalue weighted by Crippen LogP contribution is 2.22. The first-order valence-electron chi connectivity index (χ1n) is 6.82. The van der Waals surface area contributed by atoms with E-state index in [2.05, 4.69) is 30.1 Å². The lowest BCUT2D eigenvalue weighted by Gasteiger charge is -2.35. The minimum Gasteiger partial charge on any atom is -0.311 e. The van der Waals surface area contributed by atoms with Crippen molar-refractivity contribution in [3.8, 4) is 0 Å². The molecule has 0 aromatic carbocycles. The number of nitrogens with zero attached hydrogens (tertiary/aromatic N) is 1. The summed E-state index contributed by atoms with van der Waals surface area (Å²) in [6.07, 6.45) is 1.35. The summed E-state index contributed by atoms with van der Waals surface area (Å²) in [7, 11) is 0. The Morgan fingerprint density at radius 1 is 1.39 bits per heavy atom. The van der Waals surface area contributed by atoms with Crippen LogP contribution in [0.4, 0.5) is 0 Å². The number of nitrogens with one attached hydrogen (secondary N) is 1. The Morgan fingerprint density at radius 2 is 2.22 bits per heavy atom. The smallest absolute Gasteiger partial charge is 0.0931 e. The lowest BCUT2D eigenvalue weighted by molar-refractivity contribution is 0.139. The number of rotatable bonds is 5. The molecule has 2 unspecified atom stereocenters. The molecule has 0 radical (unpaired) electrons. The molecule has 1 aliphatic heterocycles. The van der Waals surface area contributed by atoms with E-state index in [0.717, 1.165) is 35.8 Å². The maximum absolute atomic E-state index is 5.91. The van der Waals surface area contributed by atoms with Crippen LogP contribution < -0.4 is 5.32 Å². The molecule has 2 atom stereocenters. The largest absolute Gasteiger partial charge is 0.311 e. The summed E-state index contributed by atoms with van der Waals surface area (Å²) in [6, 6.07) is 4.07. The summed E-state index contributed by atoms with van der Waals surface area (Å²) >= 11 is 7.57. The Balaban J connectivity index is 1.61. The molecule has 18 heavy (non-hydrogen) atoms. The van der Waals surface area contributed by atoms with Gasteiger partial charge >= 0.3 is 0 Å². The van der Waals surface area contributed by atoms with Crippen LogP contribution in [0.3, 0.4) is 0 Å². The van der Waals surface area contributed by atoms with Crippen LogP contribution in [0.15, 0.2) is 12.1 Å². The van der Waals surface area contributed by atoms with Crippen LogP contribution in [0.2, 0.25) is 4.34 Å². The number of halogens is 1. The van der Waals surface area contributed by atoms with Gasteiger partial charge in [0, 0.05) is 31.1 Å². The summed E-state index contributed by atoms with van der Waals surface area (Å²) in [5.41, 5.74) is 0. The normalized spacial score (nSPS) is 25.5. The Morgan fingerprint density at radius 3 is 2.89 bits per heavy atom. The molecule has 0 aliphatic carbocycles. The van der Waals surface area contributed by atoms with Crippen molar-refractivity contribution in [1.82, 2.24) is 10.2 Å². The van der Waals surface area contributed by atoms with Crippen LogP contribution in [-0.2, 0) is 6.54 Å². The van der Waals surface area contributed by atoms with Gasteiger partial charge in [0.25, 0.3) is 0 Å². The summed E-state index contributed by atoms with van der Waals surface area (Å²) in [5, 5.41) is 3.50. The highest BCUT2D eigenvalue weighted by atomic mass is 35.5. The monoisotopic (exact) mass is 286 g/mol. The third-order valence-electron chi connectivity index (χ3n) is 3.95. The second-order valence-electron chi connectivity index (χ2n) is 5.43. The Hall–Kier alpha value is -0.0900. The van der Waals surface area contributed by atoms with Gasteiger partial charge in [-0.25, -0.2) is 0 Å². The van der Waals surface area contributed by atoms with E-state index in [-0.39, 0.29) is 0 Å². The average molecular weight is 287 g/mol. The zero-order valence-corrected chi connectivity index (χ0v) is 12.9. The first-order chi connectivity index (χ1) is 8.65. The van der Waals surface area contributed by atoms with Crippen LogP contribution in [0.1, 0.15) is 25.1 Å². The molecule has 1 aliphatic rings. The quantitative estimate of drug-likeness (QED) is 0.834. The zero-order valence-electron chi connectivity index (χ0n) is 11.3. The molecule has 1 aromatic heterocycles. The summed E-state index contributed by atoms with van der Waals surface area (Å²) in [6.45, 7) is 10.4. The third kappa shape index (κ3) is 4.23. The zero-order chi connectivity index (χ0) is 13.0. The van der Waals surface area contributed by atoms with Gasteiger partial charge in [-0.1, -0.05) is 25.4 Å². The molecule has 1 aromatic rings. The minimum absolute atomic E-state index is 0.842. The molecule has 1 N–H and O–H groups in total. The van der Waals surface area contributed by atoms with Crippen LogP contribution in [0, 0.1) is 11.8 Å². The molecular formula is C14H23ClN2S. The SMILES string of the molecule is CC1CCN(CCNCc2ccc(Cl)s2)CC1C. The van der Waals surface area contributed by atoms with Crippen molar-refractivity contribution in [2.45, 2.75) is 26.8 Å². The van der Waals surface area contributed by atoms with Crippen molar-refractivity contribution >= 4 is 22.9 Å². The number of hydrogen-bond acceptors (Lipinski definition) is 3. The topological polar surface area (TPSA) is 15.3 Å². The van der Waals surface area contributed by atoms with Gasteiger partial charge in [-0.15, -0.1) is 11.3 Å². The van der Waals surface area contributed by atoms with E-state index in [1.165, 1.54) is 24.4 Å². The van der Waals surface area contributed by atoms with Crippen molar-refractivity contribution in [2.75, 3.05) is 26.2 Å². The highest BCUT2D eigenvalue weighted by molar-refractivity contribution is 7.16. The second kappa shape index (κ2) is 6.90. The maximum Gasteiger partial charge on any atom is 0.0931 e. The molecule has 2 rings (SSSR count). The van der Waals surface area contributed by atoms with Gasteiger partial charge in [-0.05, 0) is 36.9 Å². The van der Waals surface area contributed by atoms with Gasteiger partial charge in [0.1, 0.15) is 0 Å². The van der Waals surface area contributed by atoms with Crippen LogP contribution >= 0.6 is 22.9 Å². The number of piperidine rings is 1. The molecule has 0 bridgehead atoms. The average Bonchev–Trinajstić information content (AvgIpc) is 2.75. The van der Waals surface area contributed by atoms with Crippen molar-refractivity contribution in [3.05, 3.63) is 21.3 Å². The number of thiophene rings is 1. The van der Waals surface area contributed by atoms with Crippen molar-refractivity contribution in [1.29, 1.82) is 0 Å². The van der Waals surface area contributed by atoms with Crippen molar-refractivity contribution in [3.63, 3.8) is 0 Å². The third-order valence-corrected chi connectivity index (χ3v) is 5.18. The van der Waals surface area contributed by atoms with E-state index >= 15 is 0 Å². The lowest BCUT2D eigenvalue weighted by Crippen LogP contribution is -2.41. The minimum atomic E-state index is 0.842. The van der Waals surface area contributed by atoms with E-state index in [1.807, 2.05) is 6.07 Å². The number of hydrogen-bond donors (Lipinski definition) is 1. The van der Waals surface area contributed by atoms with Gasteiger partial charge in [0.2, 0.25) is 0 Å². The fraction of sp³-hybridized carbons (Fsp3) is 0.714. The van der Waals surface area contributed by atoms with E-state index in [1.54, 1.807) is 11.3 Å². The molecule has 0 amide bonds. The predicted octanol–water partition coefficient (Wildman–Crippen LogP) is 3.47. The predicted molar refractivity (Wildman–Crippen MR) is 80.4 cm³/mol. The first kappa shape index (κ1) is 14.3. The molecule has 102 valence electrons. The standard InChI is InChI=1S/C14H23ClN2S/c1-11-5-7-17(10-12(11)2)8-6-16-9-13-3-4-14(15)18-13/h3-4,11-12,16H,5-10H2,1-2H3. The van der Waals surface area contributed by atoms with Gasteiger partial charge < -0.3 is 10.2 Å². The Kier molecular flexibility index (Phi) is 5.49. The van der Waals surface area contributed by atoms with Crippen molar-refractivity contribution in [2.24, 2.45) is 11.8 Å². The summed E-state index contributed by atoms with van der Waals surface area (Å²) < 4.78 is 0.880. The Bertz CT molecular complexity index is 366. The van der Waals surface area contributed by atoms with Gasteiger partial charge in [0.15, 0.2) is 0 Å². The first-order valence-corrected chi connectivity index (χ1v) is 8.02. The van der Waals surface area contributed by atoms with E-state index < -0.39 is 0 Å². The van der Waals surface area contributed by atoms with E-state index in [9.17, 15) is 0 Å². The highest BCUT2D eigenvalue weighted by Gasteiger charge is 2.21. The summed E-state index contributed by atoms with van der Waals surface area (Å²) in [4.78, 5) is 3.90. The maximum atomic E-state index is 5.91. The molecule has 0 spiro atoms. The fourth-order valence-electron chi connectivity index (χ4n) is 2.45. The molecule has 2 heterocycles. The molecule has 2 nitrogen and oxygen atoms in total. The molecule has 0 saturated carbocycles. The van der Waals surface area contributed by atoms with Gasteiger partial charge in [0.05, 0.1) is 4.34 Å². The molecule has 1 saturated heterocycles.